The highest BCUT2D eigenvalue weighted by Gasteiger charge is 2.19. The van der Waals surface area contributed by atoms with Gasteiger partial charge in [-0.15, -0.1) is 0 Å². The number of hydrogen-bond donors (Lipinski definition) is 1. The minimum absolute atomic E-state index is 0.00365. The summed E-state index contributed by atoms with van der Waals surface area (Å²) in [5.41, 5.74) is 2.48. The third-order valence-electron chi connectivity index (χ3n) is 4.52. The van der Waals surface area contributed by atoms with Gasteiger partial charge in [0.1, 0.15) is 0 Å². The number of carbonyl (C=O) groups is 1. The lowest BCUT2D eigenvalue weighted by atomic mass is 9.93. The van der Waals surface area contributed by atoms with Gasteiger partial charge in [0.2, 0.25) is 11.8 Å². The maximum atomic E-state index is 12.4. The maximum Gasteiger partial charge on any atom is 0.227 e. The lowest BCUT2D eigenvalue weighted by molar-refractivity contribution is -0.122. The van der Waals surface area contributed by atoms with E-state index in [-0.39, 0.29) is 11.9 Å². The Balaban J connectivity index is 1.93. The van der Waals surface area contributed by atoms with Crippen LogP contribution >= 0.6 is 0 Å². The third-order valence-corrected chi connectivity index (χ3v) is 4.52. The van der Waals surface area contributed by atoms with Gasteiger partial charge in [-0.25, -0.2) is 0 Å². The number of nitrogens with one attached hydrogen (secondary N) is 1. The maximum absolute atomic E-state index is 12.4. The molecule has 0 saturated carbocycles. The van der Waals surface area contributed by atoms with Gasteiger partial charge in [0.05, 0.1) is 6.04 Å². The molecule has 0 saturated heterocycles. The number of hydrogen-bond acceptors (Lipinski definition) is 4. The van der Waals surface area contributed by atoms with Gasteiger partial charge in [-0.1, -0.05) is 64.0 Å². The Morgan fingerprint density at radius 3 is 2.41 bits per heavy atom. The van der Waals surface area contributed by atoms with Gasteiger partial charge in [-0.3, -0.25) is 4.79 Å². The lowest BCUT2D eigenvalue weighted by Gasteiger charge is -2.23. The van der Waals surface area contributed by atoms with Crippen molar-refractivity contribution in [3.05, 3.63) is 47.1 Å². The Bertz CT molecular complexity index is 705. The van der Waals surface area contributed by atoms with Crippen molar-refractivity contribution >= 4 is 5.91 Å². The van der Waals surface area contributed by atoms with Crippen LogP contribution in [0.5, 0.6) is 0 Å². The van der Waals surface area contributed by atoms with Crippen LogP contribution < -0.4 is 5.32 Å². The quantitative estimate of drug-likeness (QED) is 0.659. The van der Waals surface area contributed by atoms with Gasteiger partial charge >= 0.3 is 0 Å². The predicted octanol–water partition coefficient (Wildman–Crippen LogP) is 4.67. The van der Waals surface area contributed by atoms with Crippen molar-refractivity contribution in [2.45, 2.75) is 72.8 Å². The third kappa shape index (κ3) is 6.81. The summed E-state index contributed by atoms with van der Waals surface area (Å²) in [6.45, 7) is 10.8. The molecule has 1 aromatic carbocycles. The zero-order valence-corrected chi connectivity index (χ0v) is 17.3. The number of benzene rings is 1. The molecule has 0 radical (unpaired) electrons. The van der Waals surface area contributed by atoms with Gasteiger partial charge < -0.3 is 9.84 Å². The SMILES string of the molecule is CCCc1noc(CCC(=O)NC(c2ccc(CC(C)C)cc2)C(C)C)n1. The molecule has 0 bridgehead atoms. The summed E-state index contributed by atoms with van der Waals surface area (Å²) in [6.07, 6.45) is 3.68. The first-order chi connectivity index (χ1) is 12.9. The second kappa shape index (κ2) is 10.2. The van der Waals surface area contributed by atoms with E-state index in [4.69, 9.17) is 4.52 Å². The van der Waals surface area contributed by atoms with Crippen molar-refractivity contribution in [1.82, 2.24) is 15.5 Å². The molecule has 0 aliphatic rings. The van der Waals surface area contributed by atoms with Crippen LogP contribution in [0.4, 0.5) is 0 Å². The fourth-order valence-corrected chi connectivity index (χ4v) is 3.15. The van der Waals surface area contributed by atoms with Gasteiger partial charge in [0.15, 0.2) is 5.82 Å². The summed E-state index contributed by atoms with van der Waals surface area (Å²) in [5.74, 6) is 2.21. The van der Waals surface area contributed by atoms with E-state index in [2.05, 4.69) is 74.3 Å². The molecule has 0 aliphatic carbocycles. The highest BCUT2D eigenvalue weighted by molar-refractivity contribution is 5.76. The van der Waals surface area contributed by atoms with E-state index in [1.807, 2.05) is 0 Å². The van der Waals surface area contributed by atoms with Crippen molar-refractivity contribution in [2.75, 3.05) is 0 Å². The molecular weight excluding hydrogens is 338 g/mol. The average Bonchev–Trinajstić information content (AvgIpc) is 3.06. The number of carbonyl (C=O) groups excluding carboxylic acids is 1. The molecule has 1 N–H and O–H groups in total. The van der Waals surface area contributed by atoms with Crippen LogP contribution in [0.3, 0.4) is 0 Å². The summed E-state index contributed by atoms with van der Waals surface area (Å²) in [4.78, 5) is 16.8. The number of aromatic nitrogens is 2. The van der Waals surface area contributed by atoms with Gasteiger partial charge in [0.25, 0.3) is 0 Å². The summed E-state index contributed by atoms with van der Waals surface area (Å²) in [6, 6.07) is 8.62. The summed E-state index contributed by atoms with van der Waals surface area (Å²) in [7, 11) is 0. The lowest BCUT2D eigenvalue weighted by Crippen LogP contribution is -2.31. The minimum Gasteiger partial charge on any atom is -0.349 e. The molecule has 1 heterocycles. The number of aryl methyl sites for hydroxylation is 2. The number of nitrogens with zero attached hydrogens (tertiary/aromatic N) is 2. The van der Waals surface area contributed by atoms with Crippen LogP contribution in [0, 0.1) is 11.8 Å². The molecule has 148 valence electrons. The van der Waals surface area contributed by atoms with Gasteiger partial charge in [-0.05, 0) is 35.8 Å². The molecule has 5 heteroatoms. The predicted molar refractivity (Wildman–Crippen MR) is 107 cm³/mol. The smallest absolute Gasteiger partial charge is 0.227 e. The molecule has 27 heavy (non-hydrogen) atoms. The van der Waals surface area contributed by atoms with E-state index in [1.54, 1.807) is 0 Å². The standard InChI is InChI=1S/C22H33N3O2/c1-6-7-19-23-21(27-25-19)13-12-20(26)24-22(16(4)5)18-10-8-17(9-11-18)14-15(2)3/h8-11,15-16,22H,6-7,12-14H2,1-5H3,(H,24,26). The Morgan fingerprint density at radius 1 is 1.11 bits per heavy atom. The minimum atomic E-state index is 0.00365. The highest BCUT2D eigenvalue weighted by Crippen LogP contribution is 2.23. The topological polar surface area (TPSA) is 68.0 Å². The fraction of sp³-hybridized carbons (Fsp3) is 0.591. The van der Waals surface area contributed by atoms with Crippen molar-refractivity contribution < 1.29 is 9.32 Å². The van der Waals surface area contributed by atoms with Crippen molar-refractivity contribution in [3.8, 4) is 0 Å². The van der Waals surface area contributed by atoms with Gasteiger partial charge in [0, 0.05) is 19.3 Å². The molecule has 0 spiro atoms. The molecule has 1 unspecified atom stereocenters. The Hall–Kier alpha value is -2.17. The van der Waals surface area contributed by atoms with Crippen LogP contribution in [0.15, 0.2) is 28.8 Å². The molecule has 1 amide bonds. The first kappa shape index (κ1) is 21.1. The first-order valence-electron chi connectivity index (χ1n) is 10.1. The zero-order chi connectivity index (χ0) is 19.8. The second-order valence-electron chi connectivity index (χ2n) is 7.98. The van der Waals surface area contributed by atoms with Crippen LogP contribution in [0.1, 0.15) is 76.3 Å². The van der Waals surface area contributed by atoms with E-state index < -0.39 is 0 Å². The van der Waals surface area contributed by atoms with E-state index in [0.29, 0.717) is 30.6 Å². The van der Waals surface area contributed by atoms with E-state index in [1.165, 1.54) is 5.56 Å². The monoisotopic (exact) mass is 371 g/mol. The number of rotatable bonds is 10. The molecule has 0 fully saturated rings. The zero-order valence-electron chi connectivity index (χ0n) is 17.3. The van der Waals surface area contributed by atoms with E-state index >= 15 is 0 Å². The normalized spacial score (nSPS) is 12.6. The molecule has 1 atom stereocenters. The molecule has 5 nitrogen and oxygen atoms in total. The second-order valence-corrected chi connectivity index (χ2v) is 7.98. The molecule has 0 aliphatic heterocycles. The highest BCUT2D eigenvalue weighted by atomic mass is 16.5. The molecule has 1 aromatic heterocycles. The number of amides is 1. The van der Waals surface area contributed by atoms with Gasteiger partial charge in [-0.2, -0.15) is 4.98 Å². The average molecular weight is 372 g/mol. The van der Waals surface area contributed by atoms with Crippen LogP contribution in [0.25, 0.3) is 0 Å². The molecular formula is C22H33N3O2. The van der Waals surface area contributed by atoms with Crippen molar-refractivity contribution in [3.63, 3.8) is 0 Å². The molecule has 2 aromatic rings. The van der Waals surface area contributed by atoms with Crippen LogP contribution in [-0.4, -0.2) is 16.0 Å². The van der Waals surface area contributed by atoms with Crippen molar-refractivity contribution in [1.29, 1.82) is 0 Å². The van der Waals surface area contributed by atoms with Crippen LogP contribution in [0.2, 0.25) is 0 Å². The molecule has 2 rings (SSSR count). The first-order valence-corrected chi connectivity index (χ1v) is 10.1. The van der Waals surface area contributed by atoms with Crippen LogP contribution in [-0.2, 0) is 24.1 Å². The Morgan fingerprint density at radius 2 is 1.81 bits per heavy atom. The Labute approximate surface area is 162 Å². The summed E-state index contributed by atoms with van der Waals surface area (Å²) < 4.78 is 5.21. The summed E-state index contributed by atoms with van der Waals surface area (Å²) >= 11 is 0. The Kier molecular flexibility index (Phi) is 8.01. The summed E-state index contributed by atoms with van der Waals surface area (Å²) in [5, 5.41) is 7.10. The van der Waals surface area contributed by atoms with Crippen molar-refractivity contribution in [2.24, 2.45) is 11.8 Å². The largest absolute Gasteiger partial charge is 0.349 e. The van der Waals surface area contributed by atoms with E-state index in [9.17, 15) is 4.79 Å². The van der Waals surface area contributed by atoms with E-state index in [0.717, 1.165) is 30.7 Å². The fourth-order valence-electron chi connectivity index (χ4n) is 3.15.